The molecule has 0 bridgehead atoms. The van der Waals surface area contributed by atoms with E-state index in [-0.39, 0.29) is 11.8 Å². The third-order valence-electron chi connectivity index (χ3n) is 7.62. The van der Waals surface area contributed by atoms with Gasteiger partial charge in [0.05, 0.1) is 17.0 Å². The van der Waals surface area contributed by atoms with Crippen LogP contribution in [0.2, 0.25) is 0 Å². The van der Waals surface area contributed by atoms with Gasteiger partial charge in [0, 0.05) is 5.92 Å². The minimum absolute atomic E-state index is 0.184. The zero-order chi connectivity index (χ0) is 27.5. The summed E-state index contributed by atoms with van der Waals surface area (Å²) in [6.07, 6.45) is -1.40. The summed E-state index contributed by atoms with van der Waals surface area (Å²) in [5.41, 5.74) is 6.28. The summed E-state index contributed by atoms with van der Waals surface area (Å²) in [4.78, 5) is 27.1. The molecular formula is C34H33O4P. The lowest BCUT2D eigenvalue weighted by molar-refractivity contribution is -0.0532. The molecule has 1 aliphatic rings. The van der Waals surface area contributed by atoms with E-state index in [1.807, 2.05) is 74.5 Å². The SMILES string of the molecule is CPc1cccc(C(=O)OC2C(OC(=O)c3cccc(C)c3)C(C)c3ccccc3[C@@H]2c2ccccc2C)c1. The molecule has 0 aromatic heterocycles. The van der Waals surface area contributed by atoms with Crippen molar-refractivity contribution in [2.24, 2.45) is 0 Å². The number of carbonyl (C=O) groups is 2. The lowest BCUT2D eigenvalue weighted by atomic mass is 9.70. The fourth-order valence-corrected chi connectivity index (χ4v) is 6.14. The number of fused-ring (bicyclic) bond motifs is 1. The number of ether oxygens (including phenoxy) is 2. The van der Waals surface area contributed by atoms with Gasteiger partial charge in [0.15, 0.2) is 6.10 Å². The van der Waals surface area contributed by atoms with Crippen LogP contribution in [0.1, 0.15) is 67.3 Å². The molecule has 0 radical (unpaired) electrons. The van der Waals surface area contributed by atoms with Crippen molar-refractivity contribution in [2.45, 2.75) is 44.8 Å². The highest BCUT2D eigenvalue weighted by atomic mass is 31.1. The first-order chi connectivity index (χ1) is 18.9. The van der Waals surface area contributed by atoms with E-state index in [9.17, 15) is 9.59 Å². The van der Waals surface area contributed by atoms with E-state index in [0.717, 1.165) is 33.1 Å². The molecule has 0 saturated carbocycles. The Labute approximate surface area is 232 Å². The number of hydrogen-bond acceptors (Lipinski definition) is 4. The van der Waals surface area contributed by atoms with Crippen LogP contribution >= 0.6 is 8.58 Å². The summed E-state index contributed by atoms with van der Waals surface area (Å²) >= 11 is 0. The molecule has 198 valence electrons. The predicted octanol–water partition coefficient (Wildman–Crippen LogP) is 6.94. The van der Waals surface area contributed by atoms with E-state index in [1.165, 1.54) is 0 Å². The highest BCUT2D eigenvalue weighted by molar-refractivity contribution is 7.46. The van der Waals surface area contributed by atoms with Crippen molar-refractivity contribution in [1.82, 2.24) is 0 Å². The molecule has 0 saturated heterocycles. The molecule has 4 aromatic carbocycles. The normalized spacial score (nSPS) is 20.4. The Kier molecular flexibility index (Phi) is 7.95. The monoisotopic (exact) mass is 536 g/mol. The molecule has 5 heteroatoms. The van der Waals surface area contributed by atoms with Crippen LogP contribution in [0.3, 0.4) is 0 Å². The molecule has 0 amide bonds. The lowest BCUT2D eigenvalue weighted by Gasteiger charge is -2.42. The Morgan fingerprint density at radius 1 is 0.667 bits per heavy atom. The molecule has 5 atom stereocenters. The summed E-state index contributed by atoms with van der Waals surface area (Å²) in [6, 6.07) is 31.3. The number of aryl methyl sites for hydroxylation is 2. The van der Waals surface area contributed by atoms with Gasteiger partial charge in [-0.15, -0.1) is 0 Å². The van der Waals surface area contributed by atoms with Crippen LogP contribution in [0.5, 0.6) is 0 Å². The van der Waals surface area contributed by atoms with Gasteiger partial charge in [0.1, 0.15) is 6.10 Å². The number of esters is 2. The van der Waals surface area contributed by atoms with E-state index < -0.39 is 24.1 Å². The van der Waals surface area contributed by atoms with Crippen molar-refractivity contribution in [3.05, 3.63) is 136 Å². The van der Waals surface area contributed by atoms with Gasteiger partial charge in [0.2, 0.25) is 0 Å². The van der Waals surface area contributed by atoms with Gasteiger partial charge in [-0.2, -0.15) is 0 Å². The molecule has 0 heterocycles. The lowest BCUT2D eigenvalue weighted by Crippen LogP contribution is -2.46. The fraction of sp³-hybridized carbons (Fsp3) is 0.235. The van der Waals surface area contributed by atoms with Gasteiger partial charge in [-0.05, 0) is 72.3 Å². The molecule has 4 unspecified atom stereocenters. The Balaban J connectivity index is 1.62. The molecule has 0 aliphatic heterocycles. The fourth-order valence-electron chi connectivity index (χ4n) is 5.58. The quantitative estimate of drug-likeness (QED) is 0.198. The second kappa shape index (κ2) is 11.6. The van der Waals surface area contributed by atoms with Crippen LogP contribution in [0.4, 0.5) is 0 Å². The first kappa shape index (κ1) is 26.8. The maximum absolute atomic E-state index is 13.6. The van der Waals surface area contributed by atoms with E-state index >= 15 is 0 Å². The maximum atomic E-state index is 13.6. The summed E-state index contributed by atoms with van der Waals surface area (Å²) in [7, 11) is 0.567. The van der Waals surface area contributed by atoms with Crippen LogP contribution in [-0.4, -0.2) is 30.8 Å². The predicted molar refractivity (Wildman–Crippen MR) is 158 cm³/mol. The summed E-state index contributed by atoms with van der Waals surface area (Å²) < 4.78 is 12.7. The van der Waals surface area contributed by atoms with Gasteiger partial charge in [-0.3, -0.25) is 0 Å². The number of benzene rings is 4. The summed E-state index contributed by atoms with van der Waals surface area (Å²) in [5, 5.41) is 1.09. The second-order valence-electron chi connectivity index (χ2n) is 10.2. The average molecular weight is 537 g/mol. The topological polar surface area (TPSA) is 52.6 Å². The molecule has 1 aliphatic carbocycles. The molecule has 0 fully saturated rings. The van der Waals surface area contributed by atoms with Gasteiger partial charge in [-0.1, -0.05) is 93.9 Å². The number of rotatable bonds is 6. The highest BCUT2D eigenvalue weighted by Gasteiger charge is 2.46. The van der Waals surface area contributed by atoms with Crippen LogP contribution in [0.25, 0.3) is 0 Å². The number of hydrogen-bond donors (Lipinski definition) is 0. The van der Waals surface area contributed by atoms with Crippen LogP contribution in [0, 0.1) is 13.8 Å². The largest absolute Gasteiger partial charge is 0.454 e. The standard InChI is InChI=1S/C34H33O4P/c1-21-11-9-13-24(19-21)33(35)37-31-23(3)28-17-7-8-18-29(28)30(27-16-6-5-12-22(27)2)32(31)38-34(36)25-14-10-15-26(20-25)39-4/h5-20,23,30-32,39H,1-4H3/t23?,30-,31?,32?/m0/s1. The van der Waals surface area contributed by atoms with Crippen molar-refractivity contribution in [3.63, 3.8) is 0 Å². The van der Waals surface area contributed by atoms with Crippen molar-refractivity contribution in [1.29, 1.82) is 0 Å². The van der Waals surface area contributed by atoms with Gasteiger partial charge in [0.25, 0.3) is 0 Å². The Morgan fingerprint density at radius 3 is 1.92 bits per heavy atom. The van der Waals surface area contributed by atoms with E-state index in [4.69, 9.17) is 9.47 Å². The van der Waals surface area contributed by atoms with E-state index in [1.54, 1.807) is 12.1 Å². The smallest absolute Gasteiger partial charge is 0.338 e. The minimum Gasteiger partial charge on any atom is -0.454 e. The number of carbonyl (C=O) groups excluding carboxylic acids is 2. The molecule has 4 aromatic rings. The first-order valence-electron chi connectivity index (χ1n) is 13.3. The molecule has 0 spiro atoms. The van der Waals surface area contributed by atoms with E-state index in [2.05, 4.69) is 37.9 Å². The van der Waals surface area contributed by atoms with Gasteiger partial charge < -0.3 is 9.47 Å². The van der Waals surface area contributed by atoms with Crippen LogP contribution in [0.15, 0.2) is 97.1 Å². The average Bonchev–Trinajstić information content (AvgIpc) is 2.96. The van der Waals surface area contributed by atoms with Crippen molar-refractivity contribution in [2.75, 3.05) is 6.66 Å². The third kappa shape index (κ3) is 5.53. The first-order valence-corrected chi connectivity index (χ1v) is 14.8. The Hall–Kier alpha value is -3.75. The molecular weight excluding hydrogens is 503 g/mol. The van der Waals surface area contributed by atoms with E-state index in [0.29, 0.717) is 19.7 Å². The Morgan fingerprint density at radius 2 is 1.26 bits per heavy atom. The van der Waals surface area contributed by atoms with Crippen molar-refractivity contribution < 1.29 is 19.1 Å². The third-order valence-corrected chi connectivity index (χ3v) is 8.51. The molecule has 39 heavy (non-hydrogen) atoms. The maximum Gasteiger partial charge on any atom is 0.338 e. The molecule has 0 N–H and O–H groups in total. The van der Waals surface area contributed by atoms with Crippen molar-refractivity contribution in [3.8, 4) is 0 Å². The summed E-state index contributed by atoms with van der Waals surface area (Å²) in [5.74, 6) is -1.32. The van der Waals surface area contributed by atoms with Crippen molar-refractivity contribution >= 4 is 25.8 Å². The Bertz CT molecular complexity index is 1510. The zero-order valence-corrected chi connectivity index (χ0v) is 23.7. The van der Waals surface area contributed by atoms with Crippen LogP contribution < -0.4 is 5.30 Å². The second-order valence-corrected chi connectivity index (χ2v) is 11.3. The summed E-state index contributed by atoms with van der Waals surface area (Å²) in [6.45, 7) is 8.13. The van der Waals surface area contributed by atoms with Gasteiger partial charge in [-0.25, -0.2) is 9.59 Å². The zero-order valence-electron chi connectivity index (χ0n) is 22.7. The molecule has 5 rings (SSSR count). The highest BCUT2D eigenvalue weighted by Crippen LogP contribution is 2.46. The van der Waals surface area contributed by atoms with Gasteiger partial charge >= 0.3 is 11.9 Å². The van der Waals surface area contributed by atoms with Crippen LogP contribution in [-0.2, 0) is 9.47 Å². The molecule has 4 nitrogen and oxygen atoms in total. The minimum atomic E-state index is -0.718.